The van der Waals surface area contributed by atoms with Crippen LogP contribution in [-0.4, -0.2) is 54.7 Å². The molecule has 1 aliphatic rings. The molecule has 1 fully saturated rings. The van der Waals surface area contributed by atoms with Crippen LogP contribution in [0.15, 0.2) is 65.3 Å². The van der Waals surface area contributed by atoms with Gasteiger partial charge in [-0.3, -0.25) is 9.59 Å². The van der Waals surface area contributed by atoms with E-state index < -0.39 is 5.91 Å². The standard InChI is InChI=1S/C25H22ClN3O5/c1-32-21-15-19(28-8-4-5-9-28)18(26)14-17(21)24(30)27-22-16-6-2-3-7-20(16)34-23(22)25(31)29-10-12-33-13-11-29/h2-9,14-15H,10-13H2,1H3,(H,27,30). The third-order valence-corrected chi connectivity index (χ3v) is 6.03. The highest BCUT2D eigenvalue weighted by Crippen LogP contribution is 2.34. The van der Waals surface area contributed by atoms with Crippen LogP contribution >= 0.6 is 11.6 Å². The minimum atomic E-state index is -0.472. The monoisotopic (exact) mass is 479 g/mol. The summed E-state index contributed by atoms with van der Waals surface area (Å²) in [6.45, 7) is 1.81. The average Bonchev–Trinajstić information content (AvgIpc) is 3.53. The molecule has 3 heterocycles. The summed E-state index contributed by atoms with van der Waals surface area (Å²) in [6, 6.07) is 14.2. The van der Waals surface area contributed by atoms with Gasteiger partial charge in [0, 0.05) is 36.9 Å². The van der Waals surface area contributed by atoms with E-state index in [9.17, 15) is 9.59 Å². The maximum atomic E-state index is 13.4. The zero-order chi connectivity index (χ0) is 23.7. The van der Waals surface area contributed by atoms with Crippen LogP contribution in [-0.2, 0) is 4.74 Å². The lowest BCUT2D eigenvalue weighted by Gasteiger charge is -2.26. The highest BCUT2D eigenvalue weighted by Gasteiger charge is 2.28. The van der Waals surface area contributed by atoms with Crippen molar-refractivity contribution in [2.24, 2.45) is 0 Å². The Balaban J connectivity index is 1.52. The maximum Gasteiger partial charge on any atom is 0.291 e. The number of methoxy groups -OCH3 is 1. The number of benzene rings is 2. The number of furan rings is 1. The number of aromatic nitrogens is 1. The van der Waals surface area contributed by atoms with Crippen molar-refractivity contribution >= 4 is 40.1 Å². The first-order chi connectivity index (χ1) is 16.6. The van der Waals surface area contributed by atoms with Gasteiger partial charge in [-0.15, -0.1) is 0 Å². The van der Waals surface area contributed by atoms with Crippen molar-refractivity contribution in [1.82, 2.24) is 9.47 Å². The van der Waals surface area contributed by atoms with Gasteiger partial charge in [-0.1, -0.05) is 23.7 Å². The average molecular weight is 480 g/mol. The molecule has 2 amide bonds. The van der Waals surface area contributed by atoms with Gasteiger partial charge in [0.05, 0.1) is 36.6 Å². The minimum Gasteiger partial charge on any atom is -0.496 e. The summed E-state index contributed by atoms with van der Waals surface area (Å²) in [4.78, 5) is 28.3. The molecule has 34 heavy (non-hydrogen) atoms. The van der Waals surface area contributed by atoms with E-state index in [0.717, 1.165) is 0 Å². The molecule has 4 aromatic rings. The van der Waals surface area contributed by atoms with Gasteiger partial charge < -0.3 is 28.7 Å². The maximum absolute atomic E-state index is 13.4. The summed E-state index contributed by atoms with van der Waals surface area (Å²) >= 11 is 6.51. The fourth-order valence-electron chi connectivity index (χ4n) is 3.99. The first-order valence-electron chi connectivity index (χ1n) is 10.8. The summed E-state index contributed by atoms with van der Waals surface area (Å²) in [5.74, 6) is -0.354. The molecule has 5 rings (SSSR count). The van der Waals surface area contributed by atoms with Crippen LogP contribution in [0.3, 0.4) is 0 Å². The van der Waals surface area contributed by atoms with Crippen molar-refractivity contribution in [3.8, 4) is 11.4 Å². The lowest BCUT2D eigenvalue weighted by atomic mass is 10.1. The SMILES string of the molecule is COc1cc(-n2cccc2)c(Cl)cc1C(=O)Nc1c(C(=O)N2CCOCC2)oc2ccccc12. The van der Waals surface area contributed by atoms with E-state index in [0.29, 0.717) is 59.4 Å². The Morgan fingerprint density at radius 3 is 2.53 bits per heavy atom. The normalized spacial score (nSPS) is 13.8. The third-order valence-electron chi connectivity index (χ3n) is 5.72. The van der Waals surface area contributed by atoms with Crippen LogP contribution in [0.25, 0.3) is 16.7 Å². The highest BCUT2D eigenvalue weighted by molar-refractivity contribution is 6.33. The number of rotatable bonds is 5. The highest BCUT2D eigenvalue weighted by atomic mass is 35.5. The van der Waals surface area contributed by atoms with Crippen LogP contribution in [0.1, 0.15) is 20.9 Å². The lowest BCUT2D eigenvalue weighted by Crippen LogP contribution is -2.40. The predicted molar refractivity (Wildman–Crippen MR) is 128 cm³/mol. The van der Waals surface area contributed by atoms with Gasteiger partial charge in [0.1, 0.15) is 17.0 Å². The molecule has 0 aliphatic carbocycles. The van der Waals surface area contributed by atoms with Gasteiger partial charge in [0.25, 0.3) is 11.8 Å². The topological polar surface area (TPSA) is 85.9 Å². The Morgan fingerprint density at radius 2 is 1.79 bits per heavy atom. The van der Waals surface area contributed by atoms with Crippen molar-refractivity contribution in [2.75, 3.05) is 38.7 Å². The van der Waals surface area contributed by atoms with E-state index in [4.69, 9.17) is 25.5 Å². The van der Waals surface area contributed by atoms with Crippen molar-refractivity contribution < 1.29 is 23.5 Å². The first kappa shape index (κ1) is 22.1. The van der Waals surface area contributed by atoms with E-state index in [1.54, 1.807) is 29.2 Å². The second kappa shape index (κ2) is 9.24. The molecule has 0 atom stereocenters. The number of amides is 2. The minimum absolute atomic E-state index is 0.0745. The number of morpholine rings is 1. The first-order valence-corrected chi connectivity index (χ1v) is 11.2. The molecule has 174 valence electrons. The van der Waals surface area contributed by atoms with Crippen LogP contribution in [0.4, 0.5) is 5.69 Å². The van der Waals surface area contributed by atoms with Gasteiger partial charge in [-0.2, -0.15) is 0 Å². The van der Waals surface area contributed by atoms with E-state index >= 15 is 0 Å². The number of ether oxygens (including phenoxy) is 2. The number of hydrogen-bond acceptors (Lipinski definition) is 5. The molecule has 1 saturated heterocycles. The quantitative estimate of drug-likeness (QED) is 0.451. The number of anilines is 1. The van der Waals surface area contributed by atoms with Crippen LogP contribution in [0.5, 0.6) is 5.75 Å². The van der Waals surface area contributed by atoms with Gasteiger partial charge in [-0.05, 0) is 30.3 Å². The molecule has 8 nitrogen and oxygen atoms in total. The van der Waals surface area contributed by atoms with Crippen molar-refractivity contribution in [1.29, 1.82) is 0 Å². The number of nitrogens with zero attached hydrogens (tertiary/aromatic N) is 2. The van der Waals surface area contributed by atoms with Crippen molar-refractivity contribution in [2.45, 2.75) is 0 Å². The number of para-hydroxylation sites is 1. The molecule has 0 spiro atoms. The molecule has 0 saturated carbocycles. The fourth-order valence-corrected chi connectivity index (χ4v) is 4.25. The molecule has 0 radical (unpaired) electrons. The van der Waals surface area contributed by atoms with Crippen LogP contribution < -0.4 is 10.1 Å². The second-order valence-corrected chi connectivity index (χ2v) is 8.16. The van der Waals surface area contributed by atoms with Crippen molar-refractivity contribution in [3.05, 3.63) is 77.3 Å². The third kappa shape index (κ3) is 4.02. The van der Waals surface area contributed by atoms with Gasteiger partial charge in [0.2, 0.25) is 5.76 Å². The number of fused-ring (bicyclic) bond motifs is 1. The molecule has 0 unspecified atom stereocenters. The smallest absolute Gasteiger partial charge is 0.291 e. The van der Waals surface area contributed by atoms with Gasteiger partial charge in [0.15, 0.2) is 0 Å². The number of halogens is 1. The van der Waals surface area contributed by atoms with Gasteiger partial charge in [-0.25, -0.2) is 0 Å². The predicted octanol–water partition coefficient (Wildman–Crippen LogP) is 4.61. The van der Waals surface area contributed by atoms with Crippen molar-refractivity contribution in [3.63, 3.8) is 0 Å². The zero-order valence-electron chi connectivity index (χ0n) is 18.4. The Kier molecular flexibility index (Phi) is 6.00. The summed E-state index contributed by atoms with van der Waals surface area (Å²) in [5, 5.41) is 3.87. The second-order valence-electron chi connectivity index (χ2n) is 7.76. The Labute approximate surface area is 200 Å². The molecule has 2 aromatic carbocycles. The summed E-state index contributed by atoms with van der Waals surface area (Å²) in [7, 11) is 1.49. The van der Waals surface area contributed by atoms with E-state index in [1.807, 2.05) is 41.2 Å². The van der Waals surface area contributed by atoms with E-state index in [-0.39, 0.29) is 17.2 Å². The summed E-state index contributed by atoms with van der Waals surface area (Å²) in [5.41, 5.74) is 1.72. The summed E-state index contributed by atoms with van der Waals surface area (Å²) < 4.78 is 18.6. The molecule has 0 bridgehead atoms. The number of hydrogen-bond donors (Lipinski definition) is 1. The Hall–Kier alpha value is -3.75. The zero-order valence-corrected chi connectivity index (χ0v) is 19.2. The fraction of sp³-hybridized carbons (Fsp3) is 0.200. The number of carbonyl (C=O) groups is 2. The largest absolute Gasteiger partial charge is 0.496 e. The molecular weight excluding hydrogens is 458 g/mol. The molecule has 2 aromatic heterocycles. The summed E-state index contributed by atoms with van der Waals surface area (Å²) in [6.07, 6.45) is 3.70. The van der Waals surface area contributed by atoms with Crippen LogP contribution in [0, 0.1) is 0 Å². The van der Waals surface area contributed by atoms with Gasteiger partial charge >= 0.3 is 0 Å². The van der Waals surface area contributed by atoms with Crippen LogP contribution in [0.2, 0.25) is 5.02 Å². The Bertz CT molecular complexity index is 1360. The van der Waals surface area contributed by atoms with E-state index in [1.165, 1.54) is 7.11 Å². The van der Waals surface area contributed by atoms with E-state index in [2.05, 4.69) is 5.32 Å². The number of nitrogens with one attached hydrogen (secondary N) is 1. The lowest BCUT2D eigenvalue weighted by molar-refractivity contribution is 0.0285. The molecule has 1 N–H and O–H groups in total. The Morgan fingerprint density at radius 1 is 1.06 bits per heavy atom. The molecule has 1 aliphatic heterocycles. The molecule has 9 heteroatoms. The molecular formula is C25H22ClN3O5. The number of carbonyl (C=O) groups excluding carboxylic acids is 2.